The second kappa shape index (κ2) is 5.90. The molecular weight excluding hydrogens is 328 g/mol. The number of rotatable bonds is 3. The number of hydrogen-bond donors (Lipinski definition) is 1. The first-order valence-electron chi connectivity index (χ1n) is 7.92. The molecule has 0 unspecified atom stereocenters. The van der Waals surface area contributed by atoms with Gasteiger partial charge in [-0.3, -0.25) is 4.79 Å². The van der Waals surface area contributed by atoms with Gasteiger partial charge in [0.05, 0.1) is 17.1 Å². The smallest absolute Gasteiger partial charge is 0.224 e. The third-order valence-corrected chi connectivity index (χ3v) is 4.88. The van der Waals surface area contributed by atoms with Crippen molar-refractivity contribution >= 4 is 28.4 Å². The van der Waals surface area contributed by atoms with Crippen LogP contribution in [0.2, 0.25) is 5.02 Å². The first kappa shape index (κ1) is 15.1. The van der Waals surface area contributed by atoms with Gasteiger partial charge in [-0.2, -0.15) is 0 Å². The van der Waals surface area contributed by atoms with Gasteiger partial charge in [0, 0.05) is 42.6 Å². The number of benzene rings is 1. The number of aromatic amines is 1. The summed E-state index contributed by atoms with van der Waals surface area (Å²) in [6, 6.07) is 5.87. The Morgan fingerprint density at radius 1 is 1.42 bits per heavy atom. The molecule has 0 fully saturated rings. The van der Waals surface area contributed by atoms with Gasteiger partial charge in [0.25, 0.3) is 0 Å². The molecule has 3 aromatic rings. The van der Waals surface area contributed by atoms with Crippen LogP contribution in [0.4, 0.5) is 0 Å². The van der Waals surface area contributed by atoms with E-state index < -0.39 is 0 Å². The lowest BCUT2D eigenvalue weighted by Gasteiger charge is -2.27. The summed E-state index contributed by atoms with van der Waals surface area (Å²) in [5.41, 5.74) is 3.31. The summed E-state index contributed by atoms with van der Waals surface area (Å²) in [7, 11) is 0. The number of amides is 1. The molecule has 24 heavy (non-hydrogen) atoms. The van der Waals surface area contributed by atoms with Crippen LogP contribution < -0.4 is 0 Å². The van der Waals surface area contributed by atoms with Gasteiger partial charge in [-0.15, -0.1) is 5.10 Å². The molecule has 1 aromatic carbocycles. The molecule has 124 valence electrons. The average molecular weight is 345 g/mol. The lowest BCUT2D eigenvalue weighted by molar-refractivity contribution is -0.132. The van der Waals surface area contributed by atoms with E-state index in [-0.39, 0.29) is 5.91 Å². The van der Waals surface area contributed by atoms with Crippen molar-refractivity contribution in [2.45, 2.75) is 32.9 Å². The fourth-order valence-electron chi connectivity index (χ4n) is 3.23. The quantitative estimate of drug-likeness (QED) is 0.789. The number of aryl methyl sites for hydroxylation is 2. The first-order valence-corrected chi connectivity index (χ1v) is 8.30. The number of carbonyl (C=O) groups is 1. The van der Waals surface area contributed by atoms with Gasteiger partial charge in [0.15, 0.2) is 0 Å². The number of nitrogens with zero attached hydrogens (tertiary/aromatic N) is 5. The summed E-state index contributed by atoms with van der Waals surface area (Å²) in [6.45, 7) is 3.65. The van der Waals surface area contributed by atoms with Crippen molar-refractivity contribution < 1.29 is 4.79 Å². The normalized spacial score (nSPS) is 14.2. The summed E-state index contributed by atoms with van der Waals surface area (Å²) in [6.07, 6.45) is 1.21. The predicted octanol–water partition coefficient (Wildman–Crippen LogP) is 2.09. The van der Waals surface area contributed by atoms with Crippen LogP contribution >= 0.6 is 11.6 Å². The molecule has 8 heteroatoms. The predicted molar refractivity (Wildman–Crippen MR) is 89.6 cm³/mol. The van der Waals surface area contributed by atoms with Crippen LogP contribution in [0.1, 0.15) is 23.5 Å². The van der Waals surface area contributed by atoms with Crippen LogP contribution in [0.3, 0.4) is 0 Å². The lowest BCUT2D eigenvalue weighted by atomic mass is 10.0. The van der Waals surface area contributed by atoms with Crippen molar-refractivity contribution in [1.82, 2.24) is 30.1 Å². The Morgan fingerprint density at radius 2 is 2.29 bits per heavy atom. The minimum Gasteiger partial charge on any atom is -0.357 e. The molecule has 3 heterocycles. The zero-order chi connectivity index (χ0) is 16.7. The van der Waals surface area contributed by atoms with Crippen molar-refractivity contribution in [1.29, 1.82) is 0 Å². The molecule has 1 amide bonds. The minimum absolute atomic E-state index is 0.118. The standard InChI is InChI=1S/C16H17ClN6O/c1-10-19-20-21-23(10)8-6-15(24)22-7-5-14-12(9-22)11-3-2-4-13(17)16(11)18-14/h2-4,18H,5-9H2,1H3. The molecule has 0 saturated heterocycles. The number of aromatic nitrogens is 5. The maximum absolute atomic E-state index is 12.5. The topological polar surface area (TPSA) is 79.7 Å². The molecule has 0 atom stereocenters. The van der Waals surface area contributed by atoms with Crippen LogP contribution in [-0.4, -0.2) is 42.5 Å². The summed E-state index contributed by atoms with van der Waals surface area (Å²) in [5, 5.41) is 13.1. The Bertz CT molecular complexity index is 915. The van der Waals surface area contributed by atoms with Crippen LogP contribution in [-0.2, 0) is 24.3 Å². The second-order valence-electron chi connectivity index (χ2n) is 6.01. The van der Waals surface area contributed by atoms with E-state index in [9.17, 15) is 4.79 Å². The molecule has 0 aliphatic carbocycles. The Hall–Kier alpha value is -2.41. The van der Waals surface area contributed by atoms with Crippen LogP contribution in [0.5, 0.6) is 0 Å². The maximum Gasteiger partial charge on any atom is 0.224 e. The number of fused-ring (bicyclic) bond motifs is 3. The van der Waals surface area contributed by atoms with E-state index in [1.54, 1.807) is 4.68 Å². The molecule has 0 spiro atoms. The second-order valence-corrected chi connectivity index (χ2v) is 6.42. The fraction of sp³-hybridized carbons (Fsp3) is 0.375. The Kier molecular flexibility index (Phi) is 3.72. The van der Waals surface area contributed by atoms with E-state index in [1.165, 1.54) is 11.3 Å². The van der Waals surface area contributed by atoms with Gasteiger partial charge < -0.3 is 9.88 Å². The minimum atomic E-state index is 0.118. The van der Waals surface area contributed by atoms with E-state index in [4.69, 9.17) is 11.6 Å². The average Bonchev–Trinajstić information content (AvgIpc) is 3.16. The molecule has 2 aromatic heterocycles. The van der Waals surface area contributed by atoms with Crippen LogP contribution in [0.15, 0.2) is 18.2 Å². The number of hydrogen-bond acceptors (Lipinski definition) is 4. The van der Waals surface area contributed by atoms with E-state index >= 15 is 0 Å². The van der Waals surface area contributed by atoms with E-state index in [0.717, 1.165) is 23.1 Å². The first-order chi connectivity index (χ1) is 11.6. The van der Waals surface area contributed by atoms with E-state index in [2.05, 4.69) is 26.6 Å². The van der Waals surface area contributed by atoms with E-state index in [1.807, 2.05) is 24.0 Å². The molecule has 1 aliphatic rings. The van der Waals surface area contributed by atoms with Gasteiger partial charge in [0.1, 0.15) is 5.82 Å². The summed E-state index contributed by atoms with van der Waals surface area (Å²) < 4.78 is 1.65. The SMILES string of the molecule is Cc1nnnn1CCC(=O)N1CCc2[nH]c3c(Cl)cccc3c2C1. The zero-order valence-corrected chi connectivity index (χ0v) is 14.0. The Labute approximate surface area is 143 Å². The lowest BCUT2D eigenvalue weighted by Crippen LogP contribution is -2.36. The highest BCUT2D eigenvalue weighted by Crippen LogP contribution is 2.31. The fourth-order valence-corrected chi connectivity index (χ4v) is 3.45. The number of halogens is 1. The van der Waals surface area contributed by atoms with Gasteiger partial charge in [0.2, 0.25) is 5.91 Å². The number of nitrogens with one attached hydrogen (secondary N) is 1. The Balaban J connectivity index is 1.51. The van der Waals surface area contributed by atoms with Gasteiger partial charge in [-0.25, -0.2) is 4.68 Å². The third-order valence-electron chi connectivity index (χ3n) is 4.56. The number of H-pyrrole nitrogens is 1. The molecular formula is C16H17ClN6O. The molecule has 1 aliphatic heterocycles. The van der Waals surface area contributed by atoms with Crippen molar-refractivity contribution in [2.75, 3.05) is 6.54 Å². The molecule has 0 saturated carbocycles. The highest BCUT2D eigenvalue weighted by atomic mass is 35.5. The largest absolute Gasteiger partial charge is 0.357 e. The van der Waals surface area contributed by atoms with Crippen molar-refractivity contribution in [3.05, 3.63) is 40.3 Å². The van der Waals surface area contributed by atoms with E-state index in [0.29, 0.717) is 31.1 Å². The number of para-hydroxylation sites is 1. The van der Waals surface area contributed by atoms with Crippen molar-refractivity contribution in [3.8, 4) is 0 Å². The van der Waals surface area contributed by atoms with Gasteiger partial charge in [-0.1, -0.05) is 23.7 Å². The summed E-state index contributed by atoms with van der Waals surface area (Å²) in [5.74, 6) is 0.835. The van der Waals surface area contributed by atoms with Crippen LogP contribution in [0.25, 0.3) is 10.9 Å². The molecule has 7 nitrogen and oxygen atoms in total. The highest BCUT2D eigenvalue weighted by Gasteiger charge is 2.24. The third kappa shape index (κ3) is 2.54. The molecule has 0 radical (unpaired) electrons. The number of carbonyl (C=O) groups excluding carboxylic acids is 1. The summed E-state index contributed by atoms with van der Waals surface area (Å²) >= 11 is 6.26. The molecule has 0 bridgehead atoms. The van der Waals surface area contributed by atoms with Crippen molar-refractivity contribution in [2.24, 2.45) is 0 Å². The summed E-state index contributed by atoms with van der Waals surface area (Å²) in [4.78, 5) is 17.9. The van der Waals surface area contributed by atoms with Crippen LogP contribution in [0, 0.1) is 6.92 Å². The maximum atomic E-state index is 12.5. The van der Waals surface area contributed by atoms with Gasteiger partial charge in [-0.05, 0) is 23.4 Å². The van der Waals surface area contributed by atoms with Crippen molar-refractivity contribution in [3.63, 3.8) is 0 Å². The highest BCUT2D eigenvalue weighted by molar-refractivity contribution is 6.35. The zero-order valence-electron chi connectivity index (χ0n) is 13.3. The monoisotopic (exact) mass is 344 g/mol. The molecule has 4 rings (SSSR count). The Morgan fingerprint density at radius 3 is 3.08 bits per heavy atom. The molecule has 1 N–H and O–H groups in total. The number of tetrazole rings is 1. The van der Waals surface area contributed by atoms with Gasteiger partial charge >= 0.3 is 0 Å².